The molecule has 0 heterocycles. The maximum atomic E-state index is 0. The molecule has 0 saturated carbocycles. The molecule has 0 aromatic heterocycles. The fourth-order valence-corrected chi connectivity index (χ4v) is 0. The smallest absolute Gasteiger partial charge is 1.00 e. The van der Waals surface area contributed by atoms with E-state index in [1.165, 1.54) is 0 Å². The van der Waals surface area contributed by atoms with E-state index in [1.807, 2.05) is 0 Å². The van der Waals surface area contributed by atoms with Gasteiger partial charge < -0.3 is 13.5 Å². The van der Waals surface area contributed by atoms with E-state index in [4.69, 9.17) is 0 Å². The molecule has 0 bridgehead atoms. The fourth-order valence-electron chi connectivity index (χ4n) is 0. The third-order valence-electron chi connectivity index (χ3n) is 0. The quantitative estimate of drug-likeness (QED) is 0.250. The molecular weight excluding hydrogens is 71.9 g/mol. The van der Waals surface area contributed by atoms with Crippen molar-refractivity contribution in [3.8, 4) is 0 Å². The van der Waals surface area contributed by atoms with Crippen molar-refractivity contribution in [1.29, 1.82) is 0 Å². The van der Waals surface area contributed by atoms with Crippen LogP contribution >= 0.6 is 0 Å². The molecule has 0 spiro atoms. The molecule has 0 aromatic rings. The Morgan fingerprint density at radius 1 is 0.600 bits per heavy atom. The van der Waals surface area contributed by atoms with E-state index in [0.29, 0.717) is 0 Å². The van der Waals surface area contributed by atoms with Gasteiger partial charge in [0.1, 0.15) is 0 Å². The van der Waals surface area contributed by atoms with Crippen LogP contribution in [0.2, 0.25) is 0 Å². The molecule has 0 atom stereocenters. The monoisotopic (exact) mass is 73.0 g/mol. The topological polar surface area (TPSA) is 0 Å². The summed E-state index contributed by atoms with van der Waals surface area (Å²) in [4.78, 5) is 0. The fraction of sp³-hybridized carbons (Fsp3) is 0. The normalized spacial score (nSPS) is 0. The van der Waals surface area contributed by atoms with Gasteiger partial charge in [-0.15, -0.1) is 0 Å². The molecule has 0 saturated heterocycles. The van der Waals surface area contributed by atoms with Gasteiger partial charge in [0.15, 0.2) is 0 Å². The minimum Gasteiger partial charge on any atom is -2.00 e. The minimum atomic E-state index is 0. The van der Waals surface area contributed by atoms with Gasteiger partial charge in [-0.25, -0.2) is 0 Å². The Morgan fingerprint density at radius 3 is 0.600 bits per heavy atom. The maximum absolute atomic E-state index is 0. The van der Waals surface area contributed by atoms with Crippen molar-refractivity contribution in [1.82, 2.24) is 0 Å². The van der Waals surface area contributed by atoms with Crippen LogP contribution in [0.25, 0.3) is 0 Å². The summed E-state index contributed by atoms with van der Waals surface area (Å²) in [5, 5.41) is 0. The molecule has 0 radical (unpaired) electrons. The van der Waals surface area contributed by atoms with Crippen molar-refractivity contribution in [2.45, 2.75) is 0 Å². The van der Waals surface area contributed by atoms with Gasteiger partial charge in [0.2, 0.25) is 0 Å². The number of hydrogen-bond acceptors (Lipinski definition) is 0. The first-order chi connectivity index (χ1) is 0. The number of rotatable bonds is 0. The zero-order valence-electron chi connectivity index (χ0n) is 3.82. The Bertz CT molecular complexity index is 6.85. The molecule has 0 N–H and O–H groups in total. The molecule has 5 heteroatoms. The van der Waals surface area contributed by atoms with Crippen LogP contribution < -0.4 is 56.6 Å². The van der Waals surface area contributed by atoms with Crippen molar-refractivity contribution in [2.24, 2.45) is 0 Å². The first-order valence-corrected chi connectivity index (χ1v) is 0. The summed E-state index contributed by atoms with van der Waals surface area (Å²) in [7, 11) is 0. The Labute approximate surface area is 74.2 Å². The van der Waals surface area contributed by atoms with Gasteiger partial charge in [-0.05, 0) is 0 Å². The van der Waals surface area contributed by atoms with Gasteiger partial charge in [0, 0.05) is 0 Å². The van der Waals surface area contributed by atoms with Crippen molar-refractivity contribution in [3.63, 3.8) is 0 Å². The van der Waals surface area contributed by atoms with Crippen LogP contribution in [-0.4, -0.2) is 0 Å². The second kappa shape index (κ2) is 36.4. The molecule has 0 aliphatic heterocycles. The molecule has 0 aliphatic carbocycles. The number of halogens is 1. The maximum Gasteiger partial charge on any atom is 1.00 e. The van der Waals surface area contributed by atoms with Crippen molar-refractivity contribution < 1.29 is 61.3 Å². The van der Waals surface area contributed by atoms with Gasteiger partial charge in [0.25, 0.3) is 0 Å². The second-order valence-electron chi connectivity index (χ2n) is 0. The second-order valence-corrected chi connectivity index (χ2v) is 0. The molecule has 5 heavy (non-hydrogen) atoms. The molecule has 0 unspecified atom stereocenters. The van der Waals surface area contributed by atoms with Crippen LogP contribution in [0.5, 0.6) is 0 Å². The molecule has 0 amide bonds. The van der Waals surface area contributed by atoms with E-state index in [9.17, 15) is 0 Å². The van der Waals surface area contributed by atoms with Gasteiger partial charge in [-0.1, -0.05) is 0 Å². The molecule has 0 fully saturated rings. The third-order valence-corrected chi connectivity index (χ3v) is 0. The summed E-state index contributed by atoms with van der Waals surface area (Å²) in [6.45, 7) is 0. The first-order valence-electron chi connectivity index (χ1n) is 0. The van der Waals surface area contributed by atoms with E-state index in [0.717, 1.165) is 0 Å². The zero-order chi connectivity index (χ0) is 0. The van der Waals surface area contributed by atoms with Crippen molar-refractivity contribution in [2.75, 3.05) is 0 Å². The van der Waals surface area contributed by atoms with Crippen LogP contribution in [-0.2, 0) is 13.5 Å². The summed E-state index contributed by atoms with van der Waals surface area (Å²) in [6, 6.07) is 0. The first kappa shape index (κ1) is 60.7. The predicted octanol–water partition coefficient (Wildman–Crippen LogP) is -8.84. The Hall–Kier alpha value is 2.07. The van der Waals surface area contributed by atoms with E-state index in [2.05, 4.69) is 0 Å². The number of hydrogen-bond donors (Lipinski definition) is 0. The summed E-state index contributed by atoms with van der Waals surface area (Å²) in [5.41, 5.74) is 0. The third kappa shape index (κ3) is 23.4. The standard InChI is InChI=1S/FH.3Li.S/h1H;;;;/q;3*+1;-2. The van der Waals surface area contributed by atoms with Gasteiger partial charge in [0.05, 0.1) is 0 Å². The molecular formula is HFLi3S+. The van der Waals surface area contributed by atoms with E-state index in [-0.39, 0.29) is 74.8 Å². The van der Waals surface area contributed by atoms with Gasteiger partial charge >= 0.3 is 56.6 Å². The summed E-state index contributed by atoms with van der Waals surface area (Å²) in [6.07, 6.45) is 0. The average Bonchev–Trinajstić information content (AvgIpc) is 0. The summed E-state index contributed by atoms with van der Waals surface area (Å²) >= 11 is 0. The Kier molecular flexibility index (Phi) is 442. The Balaban J connectivity index is 0. The Morgan fingerprint density at radius 2 is 0.600 bits per heavy atom. The van der Waals surface area contributed by atoms with Crippen molar-refractivity contribution >= 4 is 13.5 Å². The molecule has 0 aliphatic rings. The van der Waals surface area contributed by atoms with Crippen molar-refractivity contribution in [3.05, 3.63) is 0 Å². The molecule has 0 aromatic carbocycles. The van der Waals surface area contributed by atoms with E-state index >= 15 is 0 Å². The molecule has 0 nitrogen and oxygen atoms in total. The molecule has 16 valence electrons. The summed E-state index contributed by atoms with van der Waals surface area (Å²) < 4.78 is 0. The largest absolute Gasteiger partial charge is 2.00 e. The van der Waals surface area contributed by atoms with Crippen LogP contribution in [0, 0.1) is 0 Å². The average molecular weight is 72.9 g/mol. The zero-order valence-corrected chi connectivity index (χ0v) is 4.63. The van der Waals surface area contributed by atoms with Crippen LogP contribution in [0.1, 0.15) is 0 Å². The van der Waals surface area contributed by atoms with Crippen LogP contribution in [0.3, 0.4) is 0 Å². The molecule has 0 rings (SSSR count). The SMILES string of the molecule is F.[Li+].[Li+].[Li+].[S-2]. The minimum absolute atomic E-state index is 0. The van der Waals surface area contributed by atoms with Crippen LogP contribution in [0.15, 0.2) is 0 Å². The van der Waals surface area contributed by atoms with E-state index in [1.54, 1.807) is 0 Å². The van der Waals surface area contributed by atoms with Gasteiger partial charge in [-0.2, -0.15) is 0 Å². The predicted molar refractivity (Wildman–Crippen MR) is 9.87 cm³/mol. The van der Waals surface area contributed by atoms with E-state index < -0.39 is 0 Å². The van der Waals surface area contributed by atoms with Crippen LogP contribution in [0.4, 0.5) is 4.70 Å². The van der Waals surface area contributed by atoms with Gasteiger partial charge in [-0.3, -0.25) is 4.70 Å². The summed E-state index contributed by atoms with van der Waals surface area (Å²) in [5.74, 6) is 0.